The van der Waals surface area contributed by atoms with Crippen LogP contribution in [0.1, 0.15) is 22.3 Å². The standard InChI is InChI=1S/C29H25ClF5N5O3/c30-21-13-17(5-6-22(21)31)38-27-19-14-24(39-28(41)18-3-1-4-20(26(18)32)29(33,34)35)25(15-23(19)36-16-37-27)43-10-2-7-40-8-11-42-12-9-40/h1,3-6,13-16H,2,7-12H2,(H,39,41)(H,36,37,38). The van der Waals surface area contributed by atoms with Crippen molar-refractivity contribution in [3.8, 4) is 5.75 Å². The summed E-state index contributed by atoms with van der Waals surface area (Å²) in [5.74, 6) is -2.99. The first-order valence-electron chi connectivity index (χ1n) is 13.2. The molecule has 43 heavy (non-hydrogen) atoms. The van der Waals surface area contributed by atoms with Gasteiger partial charge in [-0.05, 0) is 42.8 Å². The summed E-state index contributed by atoms with van der Waals surface area (Å²) in [6.45, 7) is 3.87. The van der Waals surface area contributed by atoms with Gasteiger partial charge in [0.25, 0.3) is 5.91 Å². The molecule has 14 heteroatoms. The predicted molar refractivity (Wildman–Crippen MR) is 151 cm³/mol. The van der Waals surface area contributed by atoms with Crippen molar-refractivity contribution >= 4 is 45.6 Å². The minimum atomic E-state index is -4.99. The first-order valence-corrected chi connectivity index (χ1v) is 13.6. The van der Waals surface area contributed by atoms with Crippen LogP contribution in [0.4, 0.5) is 39.1 Å². The van der Waals surface area contributed by atoms with E-state index < -0.39 is 34.8 Å². The van der Waals surface area contributed by atoms with Crippen LogP contribution in [0.2, 0.25) is 5.02 Å². The minimum Gasteiger partial charge on any atom is -0.491 e. The van der Waals surface area contributed by atoms with Crippen LogP contribution >= 0.6 is 11.6 Å². The molecule has 0 bridgehead atoms. The number of aromatic nitrogens is 2. The van der Waals surface area contributed by atoms with E-state index in [4.69, 9.17) is 21.1 Å². The van der Waals surface area contributed by atoms with Gasteiger partial charge in [-0.1, -0.05) is 17.7 Å². The summed E-state index contributed by atoms with van der Waals surface area (Å²) < 4.78 is 79.6. The number of hydrogen-bond acceptors (Lipinski definition) is 7. The number of nitrogens with zero attached hydrogens (tertiary/aromatic N) is 3. The predicted octanol–water partition coefficient (Wildman–Crippen LogP) is 6.68. The monoisotopic (exact) mass is 621 g/mol. The van der Waals surface area contributed by atoms with Gasteiger partial charge in [-0.15, -0.1) is 0 Å². The molecule has 1 aliphatic rings. The zero-order valence-electron chi connectivity index (χ0n) is 22.5. The van der Waals surface area contributed by atoms with Crippen LogP contribution in [-0.2, 0) is 10.9 Å². The average Bonchev–Trinajstić information content (AvgIpc) is 2.97. The summed E-state index contributed by atoms with van der Waals surface area (Å²) in [6.07, 6.45) is -3.07. The van der Waals surface area contributed by atoms with Crippen LogP contribution in [0.15, 0.2) is 54.9 Å². The second-order valence-corrected chi connectivity index (χ2v) is 10.0. The summed E-state index contributed by atoms with van der Waals surface area (Å²) in [5.41, 5.74) is -1.49. The lowest BCUT2D eigenvalue weighted by Crippen LogP contribution is -2.37. The Hall–Kier alpha value is -4.07. The molecule has 5 rings (SSSR count). The van der Waals surface area contributed by atoms with Crippen molar-refractivity contribution in [1.29, 1.82) is 0 Å². The average molecular weight is 622 g/mol. The van der Waals surface area contributed by atoms with E-state index in [1.54, 1.807) is 0 Å². The fourth-order valence-corrected chi connectivity index (χ4v) is 4.70. The molecule has 1 aliphatic heterocycles. The zero-order chi connectivity index (χ0) is 30.6. The molecule has 2 heterocycles. The maximum absolute atomic E-state index is 14.8. The van der Waals surface area contributed by atoms with Crippen molar-refractivity contribution in [3.63, 3.8) is 0 Å². The van der Waals surface area contributed by atoms with Gasteiger partial charge >= 0.3 is 6.18 Å². The summed E-state index contributed by atoms with van der Waals surface area (Å²) >= 11 is 5.90. The van der Waals surface area contributed by atoms with Gasteiger partial charge in [-0.2, -0.15) is 13.2 Å². The largest absolute Gasteiger partial charge is 0.491 e. The molecule has 1 amide bonds. The fourth-order valence-electron chi connectivity index (χ4n) is 4.52. The number of morpholine rings is 1. The normalized spacial score (nSPS) is 14.1. The molecule has 1 saturated heterocycles. The number of nitrogens with one attached hydrogen (secondary N) is 2. The van der Waals surface area contributed by atoms with E-state index in [-0.39, 0.29) is 28.9 Å². The number of rotatable bonds is 9. The van der Waals surface area contributed by atoms with E-state index in [9.17, 15) is 26.7 Å². The summed E-state index contributed by atoms with van der Waals surface area (Å²) in [5, 5.41) is 5.76. The molecule has 3 aromatic carbocycles. The van der Waals surface area contributed by atoms with Crippen LogP contribution in [-0.4, -0.2) is 60.2 Å². The number of hydrogen-bond donors (Lipinski definition) is 2. The lowest BCUT2D eigenvalue weighted by molar-refractivity contribution is -0.140. The van der Waals surface area contributed by atoms with Crippen LogP contribution in [0.5, 0.6) is 5.75 Å². The number of benzene rings is 3. The van der Waals surface area contributed by atoms with Gasteiger partial charge in [0.2, 0.25) is 0 Å². The molecule has 226 valence electrons. The number of halogens is 6. The van der Waals surface area contributed by atoms with Crippen LogP contribution in [0.3, 0.4) is 0 Å². The highest BCUT2D eigenvalue weighted by Gasteiger charge is 2.35. The SMILES string of the molecule is O=C(Nc1cc2c(Nc3ccc(F)c(Cl)c3)ncnc2cc1OCCCN1CCOCC1)c1cccc(C(F)(F)F)c1F. The highest BCUT2D eigenvalue weighted by molar-refractivity contribution is 6.31. The van der Waals surface area contributed by atoms with Gasteiger partial charge in [0, 0.05) is 36.8 Å². The van der Waals surface area contributed by atoms with Gasteiger partial charge in [0.15, 0.2) is 0 Å². The maximum Gasteiger partial charge on any atom is 0.419 e. The van der Waals surface area contributed by atoms with E-state index in [1.165, 1.54) is 36.7 Å². The first-order chi connectivity index (χ1) is 20.6. The van der Waals surface area contributed by atoms with E-state index >= 15 is 0 Å². The highest BCUT2D eigenvalue weighted by Crippen LogP contribution is 2.36. The number of alkyl halides is 3. The van der Waals surface area contributed by atoms with Crippen molar-refractivity contribution in [3.05, 3.63) is 82.6 Å². The summed E-state index contributed by atoms with van der Waals surface area (Å²) in [4.78, 5) is 23.8. The van der Waals surface area contributed by atoms with E-state index in [0.29, 0.717) is 42.3 Å². The molecule has 2 N–H and O–H groups in total. The maximum atomic E-state index is 14.8. The first kappa shape index (κ1) is 30.4. The lowest BCUT2D eigenvalue weighted by atomic mass is 10.1. The molecule has 0 saturated carbocycles. The highest BCUT2D eigenvalue weighted by atomic mass is 35.5. The molecule has 0 atom stereocenters. The van der Waals surface area contributed by atoms with Crippen molar-refractivity contribution in [2.75, 3.05) is 50.1 Å². The Morgan fingerprint density at radius 2 is 1.86 bits per heavy atom. The Labute approximate surface area is 247 Å². The molecule has 1 fully saturated rings. The molecule has 0 aliphatic carbocycles. The second-order valence-electron chi connectivity index (χ2n) is 9.62. The molecule has 0 unspecified atom stereocenters. The van der Waals surface area contributed by atoms with Gasteiger partial charge in [0.05, 0.1) is 47.2 Å². The molecule has 0 radical (unpaired) electrons. The summed E-state index contributed by atoms with van der Waals surface area (Å²) in [6, 6.07) is 9.44. The van der Waals surface area contributed by atoms with E-state index in [2.05, 4.69) is 25.5 Å². The number of carbonyl (C=O) groups excluding carboxylic acids is 1. The van der Waals surface area contributed by atoms with Gasteiger partial charge < -0.3 is 20.1 Å². The minimum absolute atomic E-state index is 0.0515. The second kappa shape index (κ2) is 13.1. The van der Waals surface area contributed by atoms with Crippen molar-refractivity contribution in [2.24, 2.45) is 0 Å². The molecule has 4 aromatic rings. The van der Waals surface area contributed by atoms with Crippen LogP contribution < -0.4 is 15.4 Å². The number of amides is 1. The third-order valence-electron chi connectivity index (χ3n) is 6.70. The van der Waals surface area contributed by atoms with E-state index in [0.717, 1.165) is 31.8 Å². The number of carbonyl (C=O) groups is 1. The molecule has 1 aromatic heterocycles. The Morgan fingerprint density at radius 3 is 2.60 bits per heavy atom. The zero-order valence-corrected chi connectivity index (χ0v) is 23.2. The molecule has 8 nitrogen and oxygen atoms in total. The van der Waals surface area contributed by atoms with Crippen LogP contribution in [0.25, 0.3) is 10.9 Å². The smallest absolute Gasteiger partial charge is 0.419 e. The van der Waals surface area contributed by atoms with Crippen LogP contribution in [0, 0.1) is 11.6 Å². The molecular formula is C29H25ClF5N5O3. The third-order valence-corrected chi connectivity index (χ3v) is 6.99. The van der Waals surface area contributed by atoms with Crippen molar-refractivity contribution < 1.29 is 36.2 Å². The number of fused-ring (bicyclic) bond motifs is 1. The molecular weight excluding hydrogens is 597 g/mol. The Kier molecular flexibility index (Phi) is 9.23. The Balaban J connectivity index is 1.46. The topological polar surface area (TPSA) is 88.6 Å². The Bertz CT molecular complexity index is 1630. The number of ether oxygens (including phenoxy) is 2. The lowest BCUT2D eigenvalue weighted by Gasteiger charge is -2.26. The molecule has 0 spiro atoms. The van der Waals surface area contributed by atoms with Gasteiger partial charge in [0.1, 0.15) is 29.5 Å². The van der Waals surface area contributed by atoms with Gasteiger partial charge in [-0.3, -0.25) is 9.69 Å². The quantitative estimate of drug-likeness (QED) is 0.159. The van der Waals surface area contributed by atoms with Crippen molar-refractivity contribution in [1.82, 2.24) is 14.9 Å². The van der Waals surface area contributed by atoms with Crippen molar-refractivity contribution in [2.45, 2.75) is 12.6 Å². The van der Waals surface area contributed by atoms with Gasteiger partial charge in [-0.25, -0.2) is 18.7 Å². The van der Waals surface area contributed by atoms with E-state index in [1.807, 2.05) is 0 Å². The summed E-state index contributed by atoms with van der Waals surface area (Å²) in [7, 11) is 0. The number of anilines is 3. The Morgan fingerprint density at radius 1 is 1.07 bits per heavy atom. The third kappa shape index (κ3) is 7.29. The fraction of sp³-hybridized carbons (Fsp3) is 0.276.